The van der Waals surface area contributed by atoms with E-state index in [1.165, 1.54) is 41.5 Å². The van der Waals surface area contributed by atoms with Crippen LogP contribution in [-0.2, 0) is 22.7 Å². The number of hydrogen-bond donors (Lipinski definition) is 3. The predicted molar refractivity (Wildman–Crippen MR) is 124 cm³/mol. The van der Waals surface area contributed by atoms with E-state index in [9.17, 15) is 23.6 Å². The van der Waals surface area contributed by atoms with Crippen molar-refractivity contribution in [1.29, 1.82) is 0 Å². The standard InChI is InChI=1S/C22H26FN5O4S/c1-24-20(30)17(5-4-8-29)28-12-13-9-15(33-19(13)21(28)31)11-25-22(32)26-14-6-7-16(23)18(10-14)27(2)3/h6-10,17H,4-5,11-12H2,1-3H3,(H,24,30)(H2,25,26,32). The van der Waals surface area contributed by atoms with Crippen LogP contribution in [0.5, 0.6) is 0 Å². The molecule has 11 heteroatoms. The second-order valence-electron chi connectivity index (χ2n) is 7.74. The minimum Gasteiger partial charge on any atom is -0.375 e. The highest BCUT2D eigenvalue weighted by Gasteiger charge is 2.37. The molecule has 2 aromatic rings. The molecule has 3 rings (SSSR count). The Hall–Kier alpha value is -3.47. The fraction of sp³-hybridized carbons (Fsp3) is 0.364. The summed E-state index contributed by atoms with van der Waals surface area (Å²) in [6.07, 6.45) is 1.18. The maximum atomic E-state index is 13.8. The Morgan fingerprint density at radius 2 is 2.06 bits per heavy atom. The quantitative estimate of drug-likeness (QED) is 0.482. The summed E-state index contributed by atoms with van der Waals surface area (Å²) in [5, 5.41) is 7.94. The Morgan fingerprint density at radius 1 is 1.30 bits per heavy atom. The molecular formula is C22H26FN5O4S. The lowest BCUT2D eigenvalue weighted by molar-refractivity contribution is -0.125. The molecule has 3 N–H and O–H groups in total. The second-order valence-corrected chi connectivity index (χ2v) is 8.88. The monoisotopic (exact) mass is 475 g/mol. The number of carbonyl (C=O) groups excluding carboxylic acids is 4. The fourth-order valence-electron chi connectivity index (χ4n) is 3.61. The first-order valence-electron chi connectivity index (χ1n) is 10.3. The number of carbonyl (C=O) groups is 4. The van der Waals surface area contributed by atoms with Crippen LogP contribution < -0.4 is 20.9 Å². The highest BCUT2D eigenvalue weighted by Crippen LogP contribution is 2.33. The average molecular weight is 476 g/mol. The Labute approximate surface area is 194 Å². The largest absolute Gasteiger partial charge is 0.375 e. The topological polar surface area (TPSA) is 111 Å². The van der Waals surface area contributed by atoms with Gasteiger partial charge in [0.15, 0.2) is 0 Å². The summed E-state index contributed by atoms with van der Waals surface area (Å²) in [7, 11) is 4.91. The molecule has 0 saturated carbocycles. The minimum atomic E-state index is -0.706. The van der Waals surface area contributed by atoms with E-state index in [1.54, 1.807) is 19.0 Å². The fourth-order valence-corrected chi connectivity index (χ4v) is 4.67. The molecule has 176 valence electrons. The lowest BCUT2D eigenvalue weighted by Crippen LogP contribution is -2.46. The van der Waals surface area contributed by atoms with Crippen LogP contribution in [-0.4, -0.2) is 56.2 Å². The number of rotatable bonds is 9. The van der Waals surface area contributed by atoms with E-state index in [-0.39, 0.29) is 43.6 Å². The highest BCUT2D eigenvalue weighted by atomic mass is 32.1. The number of urea groups is 1. The zero-order valence-electron chi connectivity index (χ0n) is 18.6. The second kappa shape index (κ2) is 10.4. The molecule has 0 radical (unpaired) electrons. The Kier molecular flexibility index (Phi) is 7.64. The van der Waals surface area contributed by atoms with Gasteiger partial charge >= 0.3 is 6.03 Å². The van der Waals surface area contributed by atoms with Crippen molar-refractivity contribution in [2.24, 2.45) is 0 Å². The van der Waals surface area contributed by atoms with E-state index in [4.69, 9.17) is 0 Å². The van der Waals surface area contributed by atoms with Gasteiger partial charge in [0.25, 0.3) is 5.91 Å². The minimum absolute atomic E-state index is 0.184. The molecule has 1 aliphatic heterocycles. The molecule has 9 nitrogen and oxygen atoms in total. The molecule has 33 heavy (non-hydrogen) atoms. The highest BCUT2D eigenvalue weighted by molar-refractivity contribution is 7.14. The van der Waals surface area contributed by atoms with Gasteiger partial charge < -0.3 is 30.5 Å². The van der Waals surface area contributed by atoms with Crippen LogP contribution in [0.2, 0.25) is 0 Å². The number of benzene rings is 1. The number of nitrogens with one attached hydrogen (secondary N) is 3. The van der Waals surface area contributed by atoms with E-state index in [0.717, 1.165) is 16.7 Å². The number of amides is 4. The van der Waals surface area contributed by atoms with Crippen LogP contribution in [0.4, 0.5) is 20.6 Å². The van der Waals surface area contributed by atoms with E-state index in [2.05, 4.69) is 16.0 Å². The zero-order chi connectivity index (χ0) is 24.1. The third kappa shape index (κ3) is 5.48. The van der Waals surface area contributed by atoms with Crippen molar-refractivity contribution < 1.29 is 23.6 Å². The maximum Gasteiger partial charge on any atom is 0.319 e. The number of anilines is 2. The summed E-state index contributed by atoms with van der Waals surface area (Å²) >= 11 is 1.26. The molecule has 1 aromatic heterocycles. The number of likely N-dealkylation sites (N-methyl/N-ethyl adjacent to an activating group) is 1. The van der Waals surface area contributed by atoms with Gasteiger partial charge in [-0.15, -0.1) is 11.3 Å². The van der Waals surface area contributed by atoms with E-state index in [1.807, 2.05) is 6.07 Å². The number of thiophene rings is 1. The number of nitrogens with zero attached hydrogens (tertiary/aromatic N) is 2. The van der Waals surface area contributed by atoms with Gasteiger partial charge in [0.2, 0.25) is 5.91 Å². The number of hydrogen-bond acceptors (Lipinski definition) is 6. The molecule has 1 aromatic carbocycles. The smallest absolute Gasteiger partial charge is 0.319 e. The summed E-state index contributed by atoms with van der Waals surface area (Å²) in [5.74, 6) is -0.951. The van der Waals surface area contributed by atoms with Crippen LogP contribution in [0.25, 0.3) is 0 Å². The lowest BCUT2D eigenvalue weighted by atomic mass is 10.1. The first kappa shape index (κ1) is 24.2. The van der Waals surface area contributed by atoms with Crippen molar-refractivity contribution >= 4 is 46.8 Å². The summed E-state index contributed by atoms with van der Waals surface area (Å²) < 4.78 is 13.8. The zero-order valence-corrected chi connectivity index (χ0v) is 19.4. The van der Waals surface area contributed by atoms with Gasteiger partial charge in [-0.25, -0.2) is 9.18 Å². The SMILES string of the molecule is CNC(=O)C(CCC=O)N1Cc2cc(CNC(=O)Nc3ccc(F)c(N(C)C)c3)sc2C1=O. The average Bonchev–Trinajstić information content (AvgIpc) is 3.32. The molecule has 1 atom stereocenters. The van der Waals surface area contributed by atoms with Gasteiger partial charge in [0.05, 0.1) is 17.1 Å². The van der Waals surface area contributed by atoms with Gasteiger partial charge in [0, 0.05) is 44.7 Å². The number of aldehydes is 1. The van der Waals surface area contributed by atoms with E-state index in [0.29, 0.717) is 16.3 Å². The van der Waals surface area contributed by atoms with Crippen LogP contribution in [0.1, 0.15) is 33.0 Å². The molecule has 0 fully saturated rings. The molecule has 1 aliphatic rings. The first-order chi connectivity index (χ1) is 15.7. The van der Waals surface area contributed by atoms with Crippen LogP contribution in [0.15, 0.2) is 24.3 Å². The van der Waals surface area contributed by atoms with Crippen molar-refractivity contribution in [3.05, 3.63) is 45.4 Å². The summed E-state index contributed by atoms with van der Waals surface area (Å²) in [5.41, 5.74) is 1.60. The Bertz CT molecular complexity index is 1070. The molecule has 2 heterocycles. The van der Waals surface area contributed by atoms with Gasteiger partial charge in [-0.1, -0.05) is 0 Å². The van der Waals surface area contributed by atoms with Gasteiger partial charge in [-0.3, -0.25) is 9.59 Å². The maximum absolute atomic E-state index is 13.8. The lowest BCUT2D eigenvalue weighted by Gasteiger charge is -2.25. The molecular weight excluding hydrogens is 449 g/mol. The van der Waals surface area contributed by atoms with Crippen LogP contribution in [0, 0.1) is 5.82 Å². The van der Waals surface area contributed by atoms with Crippen LogP contribution in [0.3, 0.4) is 0 Å². The van der Waals surface area contributed by atoms with Crippen molar-refractivity contribution in [3.63, 3.8) is 0 Å². The summed E-state index contributed by atoms with van der Waals surface area (Å²) in [4.78, 5) is 52.5. The third-order valence-electron chi connectivity index (χ3n) is 5.25. The van der Waals surface area contributed by atoms with Crippen molar-refractivity contribution in [3.8, 4) is 0 Å². The third-order valence-corrected chi connectivity index (χ3v) is 6.41. The van der Waals surface area contributed by atoms with Crippen molar-refractivity contribution in [2.75, 3.05) is 31.4 Å². The van der Waals surface area contributed by atoms with Gasteiger partial charge in [0.1, 0.15) is 18.1 Å². The molecule has 0 bridgehead atoms. The molecule has 1 unspecified atom stereocenters. The summed E-state index contributed by atoms with van der Waals surface area (Å²) in [6, 6.07) is 4.97. The van der Waals surface area contributed by atoms with Gasteiger partial charge in [-0.2, -0.15) is 0 Å². The molecule has 0 saturated heterocycles. The van der Waals surface area contributed by atoms with Gasteiger partial charge in [-0.05, 0) is 36.2 Å². The number of fused-ring (bicyclic) bond motifs is 1. The molecule has 0 spiro atoms. The molecule has 4 amide bonds. The summed E-state index contributed by atoms with van der Waals surface area (Å²) in [6.45, 7) is 0.485. The van der Waals surface area contributed by atoms with E-state index < -0.39 is 12.1 Å². The van der Waals surface area contributed by atoms with Crippen molar-refractivity contribution in [1.82, 2.24) is 15.5 Å². The Morgan fingerprint density at radius 3 is 2.70 bits per heavy atom. The van der Waals surface area contributed by atoms with E-state index >= 15 is 0 Å². The number of halogens is 1. The molecule has 0 aliphatic carbocycles. The predicted octanol–water partition coefficient (Wildman–Crippen LogP) is 2.32. The van der Waals surface area contributed by atoms with Crippen molar-refractivity contribution in [2.45, 2.75) is 32.0 Å². The Balaban J connectivity index is 1.60. The van der Waals surface area contributed by atoms with Crippen LogP contribution >= 0.6 is 11.3 Å². The normalized spacial score (nSPS) is 13.3. The first-order valence-corrected chi connectivity index (χ1v) is 11.2.